The number of allylic oxidation sites excluding steroid dienone is 6. The zero-order valence-electron chi connectivity index (χ0n) is 17.4. The second-order valence-electron chi connectivity index (χ2n) is 8.73. The number of hydrogen-bond acceptors (Lipinski definition) is 1. The van der Waals surface area contributed by atoms with Crippen LogP contribution in [0.5, 0.6) is 0 Å². The van der Waals surface area contributed by atoms with Crippen LogP contribution in [0.4, 0.5) is 0 Å². The standard InChI is InChI=1S/C16H13.C10H11NSi.Zr/c1-12-10-14-8-5-9-15(16(14)11-12)13-6-3-2-4-7-13;1-6-9-7-4-11-5-8(7)10(6)12(9,2)3;/h2-11H,1H3;4-5H,1-3H3;. The van der Waals surface area contributed by atoms with Crippen molar-refractivity contribution in [2.75, 3.05) is 0 Å². The third-order valence-corrected chi connectivity index (χ3v) is 12.3. The van der Waals surface area contributed by atoms with Crippen molar-refractivity contribution in [1.29, 1.82) is 0 Å². The van der Waals surface area contributed by atoms with E-state index in [0.29, 0.717) is 3.63 Å². The number of benzene rings is 2. The van der Waals surface area contributed by atoms with Gasteiger partial charge in [-0.15, -0.1) is 0 Å². The Kier molecular flexibility index (Phi) is 4.53. The summed E-state index contributed by atoms with van der Waals surface area (Å²) in [5, 5.41) is 3.31. The molecule has 0 N–H and O–H groups in total. The SMILES string of the molecule is CC1=C2C3=CN=CC3=C1[Si]2(C)C.CC1=Cc2c(-c3ccccc3)cccc2[CH]1[Zr]. The van der Waals surface area contributed by atoms with Gasteiger partial charge in [0.05, 0.1) is 0 Å². The van der Waals surface area contributed by atoms with Gasteiger partial charge in [0.25, 0.3) is 0 Å². The van der Waals surface area contributed by atoms with Crippen LogP contribution < -0.4 is 0 Å². The van der Waals surface area contributed by atoms with Gasteiger partial charge in [-0.2, -0.15) is 0 Å². The van der Waals surface area contributed by atoms with Crippen LogP contribution in [-0.2, 0) is 24.7 Å². The van der Waals surface area contributed by atoms with Gasteiger partial charge in [-0.1, -0.05) is 18.7 Å². The van der Waals surface area contributed by atoms with E-state index in [1.165, 1.54) is 39.0 Å². The average Bonchev–Trinajstić information content (AvgIpc) is 3.40. The molecule has 3 heteroatoms. The quantitative estimate of drug-likeness (QED) is 0.410. The van der Waals surface area contributed by atoms with Crippen LogP contribution in [0.25, 0.3) is 17.2 Å². The van der Waals surface area contributed by atoms with Gasteiger partial charge in [0.15, 0.2) is 0 Å². The molecule has 141 valence electrons. The number of fused-ring (bicyclic) bond motifs is 1. The second kappa shape index (κ2) is 6.86. The zero-order valence-corrected chi connectivity index (χ0v) is 20.8. The molecule has 0 saturated carbocycles. The molecule has 0 amide bonds. The van der Waals surface area contributed by atoms with Gasteiger partial charge in [0, 0.05) is 23.6 Å². The first-order valence-corrected chi connectivity index (χ1v) is 14.6. The van der Waals surface area contributed by atoms with Crippen LogP contribution in [0.3, 0.4) is 0 Å². The first-order valence-electron chi connectivity index (χ1n) is 10.2. The zero-order chi connectivity index (χ0) is 20.3. The Hall–Kier alpha value is -1.83. The molecule has 2 aromatic carbocycles. The summed E-state index contributed by atoms with van der Waals surface area (Å²) in [7, 11) is -1.11. The van der Waals surface area contributed by atoms with Crippen molar-refractivity contribution < 1.29 is 24.7 Å². The molecule has 0 aromatic heterocycles. The maximum atomic E-state index is 4.19. The summed E-state index contributed by atoms with van der Waals surface area (Å²) in [5.74, 6) is 0. The number of hydrogen-bond donors (Lipinski definition) is 0. The molecule has 29 heavy (non-hydrogen) atoms. The molecule has 5 aliphatic rings. The molecule has 1 unspecified atom stereocenters. The van der Waals surface area contributed by atoms with E-state index in [0.717, 1.165) is 0 Å². The summed E-state index contributed by atoms with van der Waals surface area (Å²) in [4.78, 5) is 4.19. The van der Waals surface area contributed by atoms with E-state index < -0.39 is 8.07 Å². The van der Waals surface area contributed by atoms with Crippen molar-refractivity contribution in [2.45, 2.75) is 30.6 Å². The van der Waals surface area contributed by atoms with E-state index in [2.05, 4.69) is 86.5 Å². The summed E-state index contributed by atoms with van der Waals surface area (Å²) in [6, 6.07) is 17.3. The fourth-order valence-corrected chi connectivity index (χ4v) is 10.1. The van der Waals surface area contributed by atoms with Gasteiger partial charge in [-0.05, 0) is 17.3 Å². The van der Waals surface area contributed by atoms with E-state index in [1.54, 1.807) is 40.7 Å². The van der Waals surface area contributed by atoms with E-state index in [-0.39, 0.29) is 0 Å². The van der Waals surface area contributed by atoms with Crippen LogP contribution >= 0.6 is 0 Å². The van der Waals surface area contributed by atoms with Gasteiger partial charge in [0.2, 0.25) is 0 Å². The normalized spacial score (nSPS) is 21.8. The fraction of sp³-hybridized carbons (Fsp3) is 0.192. The van der Waals surface area contributed by atoms with Gasteiger partial charge in [0.1, 0.15) is 8.07 Å². The molecule has 0 spiro atoms. The Labute approximate surface area is 189 Å². The average molecular weight is 470 g/mol. The molecule has 2 aliphatic carbocycles. The van der Waals surface area contributed by atoms with Gasteiger partial charge in [-0.25, -0.2) is 0 Å². The van der Waals surface area contributed by atoms with Crippen LogP contribution in [0, 0.1) is 0 Å². The molecule has 1 atom stereocenters. The minimum absolute atomic E-state index is 0.654. The maximum absolute atomic E-state index is 4.19. The van der Waals surface area contributed by atoms with Crippen molar-refractivity contribution in [2.24, 2.45) is 4.99 Å². The van der Waals surface area contributed by atoms with Crippen LogP contribution in [0.15, 0.2) is 92.4 Å². The van der Waals surface area contributed by atoms with Crippen molar-refractivity contribution in [3.8, 4) is 11.1 Å². The van der Waals surface area contributed by atoms with E-state index >= 15 is 0 Å². The molecular formula is C26H24NSiZr. The first kappa shape index (κ1) is 19.2. The Morgan fingerprint density at radius 2 is 1.69 bits per heavy atom. The number of rotatable bonds is 1. The summed E-state index contributed by atoms with van der Waals surface area (Å²) < 4.78 is 0.654. The Morgan fingerprint density at radius 3 is 2.38 bits per heavy atom. The van der Waals surface area contributed by atoms with Crippen LogP contribution in [0.1, 0.15) is 28.6 Å². The molecule has 3 heterocycles. The Balaban J connectivity index is 0.000000132. The summed E-state index contributed by atoms with van der Waals surface area (Å²) in [5.41, 5.74) is 11.6. The predicted octanol–water partition coefficient (Wildman–Crippen LogP) is 6.74. The Morgan fingerprint density at radius 1 is 0.931 bits per heavy atom. The molecule has 3 aliphatic heterocycles. The molecule has 0 radical (unpaired) electrons. The molecule has 0 fully saturated rings. The molecule has 2 bridgehead atoms. The molecule has 2 aromatic rings. The third kappa shape index (κ3) is 2.78. The predicted molar refractivity (Wildman–Crippen MR) is 122 cm³/mol. The van der Waals surface area contributed by atoms with Gasteiger partial charge >= 0.3 is 118 Å². The molecule has 7 rings (SSSR count). The number of aliphatic imine (C=N–C) groups is 1. The van der Waals surface area contributed by atoms with Crippen molar-refractivity contribution >= 4 is 20.4 Å². The van der Waals surface area contributed by atoms with Crippen LogP contribution in [0.2, 0.25) is 13.1 Å². The third-order valence-electron chi connectivity index (χ3n) is 6.60. The summed E-state index contributed by atoms with van der Waals surface area (Å²) in [6.45, 7) is 9.37. The fourth-order valence-electron chi connectivity index (χ4n) is 5.35. The van der Waals surface area contributed by atoms with E-state index in [9.17, 15) is 0 Å². The molecular weight excluding hydrogens is 446 g/mol. The summed E-state index contributed by atoms with van der Waals surface area (Å²) >= 11 is 1.58. The molecule has 0 saturated heterocycles. The minimum atomic E-state index is -1.11. The van der Waals surface area contributed by atoms with E-state index in [4.69, 9.17) is 0 Å². The monoisotopic (exact) mass is 468 g/mol. The molecule has 1 nitrogen and oxygen atoms in total. The summed E-state index contributed by atoms with van der Waals surface area (Å²) in [6.07, 6.45) is 6.42. The van der Waals surface area contributed by atoms with Crippen molar-refractivity contribution in [1.82, 2.24) is 0 Å². The van der Waals surface area contributed by atoms with Gasteiger partial charge in [-0.3, -0.25) is 4.99 Å². The topological polar surface area (TPSA) is 12.4 Å². The van der Waals surface area contributed by atoms with Crippen LogP contribution in [-0.4, -0.2) is 14.3 Å². The van der Waals surface area contributed by atoms with Gasteiger partial charge < -0.3 is 0 Å². The Bertz CT molecular complexity index is 1190. The number of nitrogens with zero attached hydrogens (tertiary/aromatic N) is 1. The first-order chi connectivity index (χ1) is 13.9. The van der Waals surface area contributed by atoms with E-state index in [1.807, 2.05) is 12.4 Å². The van der Waals surface area contributed by atoms with Crippen molar-refractivity contribution in [3.05, 3.63) is 98.5 Å². The van der Waals surface area contributed by atoms with Crippen molar-refractivity contribution in [3.63, 3.8) is 0 Å². The second-order valence-corrected chi connectivity index (χ2v) is 14.4.